The van der Waals surface area contributed by atoms with E-state index in [1.165, 1.54) is 30.0 Å². The van der Waals surface area contributed by atoms with Crippen molar-refractivity contribution in [3.8, 4) is 5.75 Å². The third-order valence-corrected chi connectivity index (χ3v) is 9.60. The summed E-state index contributed by atoms with van der Waals surface area (Å²) in [6.45, 7) is 0. The average molecular weight is 446 g/mol. The van der Waals surface area contributed by atoms with Crippen LogP contribution in [-0.4, -0.2) is 32.2 Å². The average Bonchev–Trinajstić information content (AvgIpc) is 3.41. The lowest BCUT2D eigenvalue weighted by Gasteiger charge is -2.42. The smallest absolute Gasteiger partial charge is 0.317 e. The van der Waals surface area contributed by atoms with E-state index in [4.69, 9.17) is 4.74 Å². The Labute approximate surface area is 176 Å². The third kappa shape index (κ3) is 2.21. The zero-order chi connectivity index (χ0) is 20.9. The van der Waals surface area contributed by atoms with Gasteiger partial charge in [0.05, 0.1) is 21.8 Å². The fourth-order valence-corrected chi connectivity index (χ4v) is 8.95. The van der Waals surface area contributed by atoms with E-state index in [0.29, 0.717) is 21.9 Å². The first kappa shape index (κ1) is 18.1. The summed E-state index contributed by atoms with van der Waals surface area (Å²) >= 11 is 2.52. The van der Waals surface area contributed by atoms with Crippen LogP contribution in [0.1, 0.15) is 22.8 Å². The maximum atomic E-state index is 12.4. The van der Waals surface area contributed by atoms with Gasteiger partial charge in [-0.15, -0.1) is 11.8 Å². The predicted octanol–water partition coefficient (Wildman–Crippen LogP) is 2.24. The van der Waals surface area contributed by atoms with Crippen LogP contribution in [0.3, 0.4) is 0 Å². The number of benzene rings is 1. The molecule has 2 aromatic rings. The van der Waals surface area contributed by atoms with E-state index in [1.807, 2.05) is 0 Å². The van der Waals surface area contributed by atoms with Crippen LogP contribution in [0.2, 0.25) is 0 Å². The highest BCUT2D eigenvalue weighted by molar-refractivity contribution is 8.00. The molecule has 2 N–H and O–H groups in total. The lowest BCUT2D eigenvalue weighted by atomic mass is 9.68. The first-order valence-corrected chi connectivity index (χ1v) is 11.2. The minimum absolute atomic E-state index is 0.0592. The predicted molar refractivity (Wildman–Crippen MR) is 104 cm³/mol. The number of carbonyl (C=O) groups excluding carboxylic acids is 2. The summed E-state index contributed by atoms with van der Waals surface area (Å²) in [5.41, 5.74) is 0.219. The summed E-state index contributed by atoms with van der Waals surface area (Å²) in [5.74, 6) is -2.91. The molecule has 30 heavy (non-hydrogen) atoms. The summed E-state index contributed by atoms with van der Waals surface area (Å²) in [6, 6.07) is 3.88. The number of carbonyl (C=O) groups is 2. The van der Waals surface area contributed by atoms with Crippen molar-refractivity contribution in [2.45, 2.75) is 22.6 Å². The van der Waals surface area contributed by atoms with Crippen molar-refractivity contribution in [3.63, 3.8) is 0 Å². The van der Waals surface area contributed by atoms with Gasteiger partial charge in [-0.1, -0.05) is 11.3 Å². The van der Waals surface area contributed by atoms with Crippen molar-refractivity contribution < 1.29 is 24.4 Å². The van der Waals surface area contributed by atoms with Gasteiger partial charge in [0.1, 0.15) is 5.75 Å². The number of nitrogens with zero attached hydrogens (tertiary/aromatic N) is 1. The molecular formula is C19H14N2O7S2. The number of thiazole rings is 1. The molecule has 1 saturated heterocycles. The number of nitro groups is 1. The minimum atomic E-state index is -0.525. The highest BCUT2D eigenvalue weighted by Gasteiger charge is 2.69. The Bertz CT molecular complexity index is 1200. The van der Waals surface area contributed by atoms with Crippen LogP contribution in [0.4, 0.5) is 5.69 Å². The fourth-order valence-electron chi connectivity index (χ4n) is 6.07. The Morgan fingerprint density at radius 2 is 1.90 bits per heavy atom. The van der Waals surface area contributed by atoms with Gasteiger partial charge < -0.3 is 14.8 Å². The molecule has 9 nitrogen and oxygen atoms in total. The normalized spacial score (nSPS) is 35.7. The molecule has 11 heteroatoms. The number of phenols is 1. The Balaban J connectivity index is 1.55. The van der Waals surface area contributed by atoms with Crippen molar-refractivity contribution >= 4 is 40.7 Å². The number of aromatic hydroxyl groups is 1. The van der Waals surface area contributed by atoms with Gasteiger partial charge in [0.2, 0.25) is 0 Å². The largest absolute Gasteiger partial charge is 0.508 e. The zero-order valence-corrected chi connectivity index (χ0v) is 16.8. The van der Waals surface area contributed by atoms with E-state index in [9.17, 15) is 29.6 Å². The molecule has 2 bridgehead atoms. The molecule has 0 unspecified atom stereocenters. The standard InChI is InChI=1S/C19H14N2O7S2/c22-9-2-1-5(21(26)27)3-6(9)10-11-7-4-8(13-12(7)17(23)28-18(13)24)14(11)29-16-15(10)30-19(25)20-16/h1-3,7-8,10-14,22H,4H2,(H,20,25)/t7-,8+,10+,11+,12+,13+,14+/m0/s1. The van der Waals surface area contributed by atoms with Crippen molar-refractivity contribution in [3.05, 3.63) is 48.4 Å². The summed E-state index contributed by atoms with van der Waals surface area (Å²) in [6.07, 6.45) is 0.684. The molecule has 6 rings (SSSR count). The second-order valence-electron chi connectivity index (χ2n) is 8.20. The lowest BCUT2D eigenvalue weighted by Crippen LogP contribution is -2.42. The number of cyclic esters (lactones) is 2. The van der Waals surface area contributed by atoms with Gasteiger partial charge in [0, 0.05) is 33.7 Å². The number of fused-ring (bicyclic) bond motifs is 9. The monoisotopic (exact) mass is 446 g/mol. The first-order valence-electron chi connectivity index (χ1n) is 9.47. The van der Waals surface area contributed by atoms with E-state index >= 15 is 0 Å². The fraction of sp³-hybridized carbons (Fsp3) is 0.421. The third-order valence-electron chi connectivity index (χ3n) is 7.02. The molecule has 0 radical (unpaired) electrons. The van der Waals surface area contributed by atoms with Crippen LogP contribution >= 0.6 is 23.1 Å². The van der Waals surface area contributed by atoms with Crippen molar-refractivity contribution in [2.75, 3.05) is 0 Å². The molecule has 2 aliphatic heterocycles. The molecular weight excluding hydrogens is 432 g/mol. The highest BCUT2D eigenvalue weighted by Crippen LogP contribution is 2.68. The number of nitrogens with one attached hydrogen (secondary N) is 1. The van der Waals surface area contributed by atoms with Crippen LogP contribution in [0, 0.1) is 39.7 Å². The number of thioether (sulfide) groups is 1. The Morgan fingerprint density at radius 3 is 2.63 bits per heavy atom. The van der Waals surface area contributed by atoms with Crippen LogP contribution in [0.15, 0.2) is 28.0 Å². The molecule has 0 spiro atoms. The number of ether oxygens (including phenoxy) is 1. The van der Waals surface area contributed by atoms with Gasteiger partial charge in [-0.2, -0.15) is 0 Å². The van der Waals surface area contributed by atoms with E-state index in [2.05, 4.69) is 4.98 Å². The number of nitro benzene ring substituents is 1. The SMILES string of the molecule is O=C1OC(=O)[C@@H]2[C@H]3C[C@H]([C@@H]12)[C@@H]1[C@@H](c2cc([N+](=O)[O-])ccc2O)c2sc(=O)[nH]c2S[C@H]31. The topological polar surface area (TPSA) is 140 Å². The van der Waals surface area contributed by atoms with E-state index in [-0.39, 0.29) is 39.3 Å². The molecule has 7 atom stereocenters. The van der Waals surface area contributed by atoms with E-state index in [0.717, 1.165) is 11.3 Å². The molecule has 2 aliphatic carbocycles. The molecule has 154 valence electrons. The summed E-state index contributed by atoms with van der Waals surface area (Å²) in [4.78, 5) is 50.9. The van der Waals surface area contributed by atoms with Gasteiger partial charge in [0.25, 0.3) is 5.69 Å². The Kier molecular flexibility index (Phi) is 3.59. The lowest BCUT2D eigenvalue weighted by molar-refractivity contribution is -0.385. The number of aromatic amines is 1. The van der Waals surface area contributed by atoms with E-state index < -0.39 is 34.6 Å². The van der Waals surface area contributed by atoms with Gasteiger partial charge >= 0.3 is 16.8 Å². The molecule has 3 fully saturated rings. The Morgan fingerprint density at radius 1 is 1.17 bits per heavy atom. The number of non-ortho nitro benzene ring substituents is 1. The van der Waals surface area contributed by atoms with Crippen LogP contribution in [0.25, 0.3) is 0 Å². The maximum Gasteiger partial charge on any atom is 0.317 e. The molecule has 4 aliphatic rings. The number of esters is 2. The van der Waals surface area contributed by atoms with Crippen molar-refractivity contribution in [1.29, 1.82) is 0 Å². The second-order valence-corrected chi connectivity index (χ2v) is 10.4. The molecule has 1 aromatic heterocycles. The van der Waals surface area contributed by atoms with E-state index in [1.54, 1.807) is 0 Å². The van der Waals surface area contributed by atoms with Gasteiger partial charge in [-0.05, 0) is 30.2 Å². The first-order chi connectivity index (χ1) is 14.3. The minimum Gasteiger partial charge on any atom is -0.508 e. The zero-order valence-electron chi connectivity index (χ0n) is 15.1. The maximum absolute atomic E-state index is 12.4. The molecule has 2 saturated carbocycles. The van der Waals surface area contributed by atoms with Crippen LogP contribution in [0.5, 0.6) is 5.75 Å². The van der Waals surface area contributed by atoms with Gasteiger partial charge in [-0.3, -0.25) is 24.5 Å². The summed E-state index contributed by atoms with van der Waals surface area (Å²) < 4.78 is 4.93. The van der Waals surface area contributed by atoms with Crippen molar-refractivity contribution in [2.24, 2.45) is 29.6 Å². The number of rotatable bonds is 2. The molecule has 3 heterocycles. The van der Waals surface area contributed by atoms with Gasteiger partial charge in [0.15, 0.2) is 0 Å². The molecule has 1 aromatic carbocycles. The van der Waals surface area contributed by atoms with Crippen molar-refractivity contribution in [1.82, 2.24) is 4.98 Å². The quantitative estimate of drug-likeness (QED) is 0.310. The van der Waals surface area contributed by atoms with Crippen LogP contribution in [-0.2, 0) is 14.3 Å². The summed E-state index contributed by atoms with van der Waals surface area (Å²) in [5, 5.41) is 22.6. The summed E-state index contributed by atoms with van der Waals surface area (Å²) in [7, 11) is 0. The number of hydrogen-bond acceptors (Lipinski definition) is 9. The Hall–Kier alpha value is -2.66. The number of phenolic OH excluding ortho intramolecular Hbond substituents is 1. The van der Waals surface area contributed by atoms with Crippen LogP contribution < -0.4 is 4.87 Å². The number of H-pyrrole nitrogens is 1. The number of hydrogen-bond donors (Lipinski definition) is 2. The number of aromatic nitrogens is 1. The highest BCUT2D eigenvalue weighted by atomic mass is 32.2. The second kappa shape index (κ2) is 5.94. The molecule has 0 amide bonds. The van der Waals surface area contributed by atoms with Gasteiger partial charge in [-0.25, -0.2) is 0 Å².